The highest BCUT2D eigenvalue weighted by Gasteiger charge is 2.11. The van der Waals surface area contributed by atoms with Crippen LogP contribution in [0.25, 0.3) is 10.9 Å². The number of fused-ring (bicyclic) bond motifs is 1. The Bertz CT molecular complexity index is 568. The van der Waals surface area contributed by atoms with Crippen molar-refractivity contribution in [2.24, 2.45) is 0 Å². The third-order valence-electron chi connectivity index (χ3n) is 2.25. The van der Waals surface area contributed by atoms with Gasteiger partial charge in [-0.2, -0.15) is 0 Å². The van der Waals surface area contributed by atoms with Crippen LogP contribution in [0.2, 0.25) is 0 Å². The number of rotatable bonds is 2. The van der Waals surface area contributed by atoms with Crippen LogP contribution in [0.1, 0.15) is 10.4 Å². The van der Waals surface area contributed by atoms with E-state index in [2.05, 4.69) is 20.9 Å². The Morgan fingerprint density at radius 3 is 2.88 bits per heavy atom. The van der Waals surface area contributed by atoms with Crippen molar-refractivity contribution < 1.29 is 14.6 Å². The number of carboxylic acid groups (broad SMARTS) is 1. The number of halogens is 1. The third kappa shape index (κ3) is 1.74. The quantitative estimate of drug-likeness (QED) is 0.920. The van der Waals surface area contributed by atoms with Crippen molar-refractivity contribution >= 4 is 32.8 Å². The van der Waals surface area contributed by atoms with Crippen LogP contribution in [0.5, 0.6) is 5.75 Å². The van der Waals surface area contributed by atoms with Gasteiger partial charge in [-0.15, -0.1) is 0 Å². The molecule has 0 aliphatic rings. The summed E-state index contributed by atoms with van der Waals surface area (Å²) in [4.78, 5) is 15.1. The van der Waals surface area contributed by atoms with Crippen LogP contribution in [0.15, 0.2) is 28.9 Å². The molecule has 0 bridgehead atoms. The molecule has 0 saturated heterocycles. The maximum atomic E-state index is 11.0. The standard InChI is InChI=1S/C11H8BrNO3/c1-16-10-4-7-6(11(14)15)2-3-13-9(7)5-8(10)12/h2-5H,1H3,(H,14,15). The number of pyridine rings is 1. The van der Waals surface area contributed by atoms with E-state index >= 15 is 0 Å². The van der Waals surface area contributed by atoms with Crippen LogP contribution in [-0.4, -0.2) is 23.2 Å². The summed E-state index contributed by atoms with van der Waals surface area (Å²) in [6.07, 6.45) is 1.48. The normalized spacial score (nSPS) is 10.4. The second-order valence-corrected chi connectivity index (χ2v) is 4.02. The van der Waals surface area contributed by atoms with Crippen LogP contribution >= 0.6 is 15.9 Å². The van der Waals surface area contributed by atoms with Gasteiger partial charge in [0.25, 0.3) is 0 Å². The molecule has 5 heteroatoms. The molecule has 82 valence electrons. The van der Waals surface area contributed by atoms with Crippen molar-refractivity contribution in [3.8, 4) is 5.75 Å². The van der Waals surface area contributed by atoms with Gasteiger partial charge in [0.05, 0.1) is 22.7 Å². The summed E-state index contributed by atoms with van der Waals surface area (Å²) in [6.45, 7) is 0. The molecule has 1 aromatic carbocycles. The van der Waals surface area contributed by atoms with E-state index in [4.69, 9.17) is 9.84 Å². The molecular formula is C11H8BrNO3. The molecule has 0 aliphatic heterocycles. The number of carboxylic acids is 1. The summed E-state index contributed by atoms with van der Waals surface area (Å²) in [6, 6.07) is 4.87. The Kier molecular flexibility index (Phi) is 2.78. The predicted octanol–water partition coefficient (Wildman–Crippen LogP) is 2.70. The second-order valence-electron chi connectivity index (χ2n) is 3.17. The highest BCUT2D eigenvalue weighted by atomic mass is 79.9. The molecular weight excluding hydrogens is 274 g/mol. The maximum absolute atomic E-state index is 11.0. The van der Waals surface area contributed by atoms with Crippen molar-refractivity contribution in [3.63, 3.8) is 0 Å². The largest absolute Gasteiger partial charge is 0.496 e. The van der Waals surface area contributed by atoms with Crippen molar-refractivity contribution in [1.29, 1.82) is 0 Å². The monoisotopic (exact) mass is 281 g/mol. The molecule has 1 heterocycles. The first kappa shape index (κ1) is 10.9. The third-order valence-corrected chi connectivity index (χ3v) is 2.87. The summed E-state index contributed by atoms with van der Waals surface area (Å²) in [5.74, 6) is -0.389. The summed E-state index contributed by atoms with van der Waals surface area (Å²) in [5.41, 5.74) is 0.836. The lowest BCUT2D eigenvalue weighted by atomic mass is 10.1. The fraction of sp³-hybridized carbons (Fsp3) is 0.0909. The molecule has 0 unspecified atom stereocenters. The lowest BCUT2D eigenvalue weighted by Gasteiger charge is -2.06. The lowest BCUT2D eigenvalue weighted by Crippen LogP contribution is -1.98. The van der Waals surface area contributed by atoms with Gasteiger partial charge in [0, 0.05) is 11.6 Å². The number of nitrogens with zero attached hydrogens (tertiary/aromatic N) is 1. The van der Waals surface area contributed by atoms with Crippen molar-refractivity contribution in [2.45, 2.75) is 0 Å². The topological polar surface area (TPSA) is 59.4 Å². The van der Waals surface area contributed by atoms with E-state index in [9.17, 15) is 4.79 Å². The molecule has 0 aliphatic carbocycles. The van der Waals surface area contributed by atoms with E-state index in [0.717, 1.165) is 4.47 Å². The first-order valence-electron chi connectivity index (χ1n) is 4.49. The van der Waals surface area contributed by atoms with E-state index in [-0.39, 0.29) is 5.56 Å². The Labute approximate surface area is 100.0 Å². The molecule has 0 saturated carbocycles. The van der Waals surface area contributed by atoms with Crippen LogP contribution in [0, 0.1) is 0 Å². The zero-order valence-electron chi connectivity index (χ0n) is 8.40. The van der Waals surface area contributed by atoms with Gasteiger partial charge in [0.15, 0.2) is 0 Å². The summed E-state index contributed by atoms with van der Waals surface area (Å²) < 4.78 is 5.87. The Morgan fingerprint density at radius 2 is 2.25 bits per heavy atom. The van der Waals surface area contributed by atoms with Gasteiger partial charge >= 0.3 is 5.97 Å². The van der Waals surface area contributed by atoms with Gasteiger partial charge in [0.2, 0.25) is 0 Å². The van der Waals surface area contributed by atoms with E-state index in [1.807, 2.05) is 0 Å². The zero-order chi connectivity index (χ0) is 11.7. The molecule has 16 heavy (non-hydrogen) atoms. The minimum atomic E-state index is -0.975. The van der Waals surface area contributed by atoms with Gasteiger partial charge in [0.1, 0.15) is 5.75 Å². The molecule has 0 atom stereocenters. The highest BCUT2D eigenvalue weighted by Crippen LogP contribution is 2.30. The van der Waals surface area contributed by atoms with E-state index < -0.39 is 5.97 Å². The molecule has 2 rings (SSSR count). The van der Waals surface area contributed by atoms with E-state index in [1.54, 1.807) is 12.1 Å². The Morgan fingerprint density at radius 1 is 1.50 bits per heavy atom. The van der Waals surface area contributed by atoms with E-state index in [0.29, 0.717) is 16.7 Å². The lowest BCUT2D eigenvalue weighted by molar-refractivity contribution is 0.0699. The smallest absolute Gasteiger partial charge is 0.336 e. The molecule has 1 N–H and O–H groups in total. The summed E-state index contributed by atoms with van der Waals surface area (Å²) >= 11 is 3.33. The first-order chi connectivity index (χ1) is 7.63. The number of aromatic carboxylic acids is 1. The average molecular weight is 282 g/mol. The van der Waals surface area contributed by atoms with Gasteiger partial charge in [-0.05, 0) is 34.1 Å². The predicted molar refractivity (Wildman–Crippen MR) is 63.0 cm³/mol. The van der Waals surface area contributed by atoms with Crippen molar-refractivity contribution in [2.75, 3.05) is 7.11 Å². The van der Waals surface area contributed by atoms with Gasteiger partial charge in [-0.25, -0.2) is 4.79 Å². The van der Waals surface area contributed by atoms with Crippen LogP contribution in [0.3, 0.4) is 0 Å². The van der Waals surface area contributed by atoms with Crippen molar-refractivity contribution in [3.05, 3.63) is 34.4 Å². The SMILES string of the molecule is COc1cc2c(C(=O)O)ccnc2cc1Br. The summed E-state index contributed by atoms with van der Waals surface area (Å²) in [7, 11) is 1.53. The van der Waals surface area contributed by atoms with Crippen LogP contribution in [-0.2, 0) is 0 Å². The fourth-order valence-corrected chi connectivity index (χ4v) is 1.98. The molecule has 0 radical (unpaired) electrons. The van der Waals surface area contributed by atoms with Crippen LogP contribution < -0.4 is 4.74 Å². The molecule has 1 aromatic heterocycles. The summed E-state index contributed by atoms with van der Waals surface area (Å²) in [5, 5.41) is 9.60. The first-order valence-corrected chi connectivity index (χ1v) is 5.28. The molecule has 4 nitrogen and oxygen atoms in total. The zero-order valence-corrected chi connectivity index (χ0v) is 9.98. The second kappa shape index (κ2) is 4.09. The van der Waals surface area contributed by atoms with Crippen LogP contribution in [0.4, 0.5) is 0 Å². The highest BCUT2D eigenvalue weighted by molar-refractivity contribution is 9.10. The fourth-order valence-electron chi connectivity index (χ4n) is 1.49. The minimum Gasteiger partial charge on any atom is -0.496 e. The average Bonchev–Trinajstić information content (AvgIpc) is 2.26. The number of benzene rings is 1. The maximum Gasteiger partial charge on any atom is 0.336 e. The molecule has 0 amide bonds. The molecule has 2 aromatic rings. The number of hydrogen-bond acceptors (Lipinski definition) is 3. The van der Waals surface area contributed by atoms with Crippen molar-refractivity contribution in [1.82, 2.24) is 4.98 Å². The van der Waals surface area contributed by atoms with Gasteiger partial charge in [-0.1, -0.05) is 0 Å². The molecule has 0 spiro atoms. The van der Waals surface area contributed by atoms with Gasteiger partial charge in [-0.3, -0.25) is 4.98 Å². The minimum absolute atomic E-state index is 0.218. The Hall–Kier alpha value is -1.62. The number of hydrogen-bond donors (Lipinski definition) is 1. The number of ether oxygens (including phenoxy) is 1. The molecule has 0 fully saturated rings. The van der Waals surface area contributed by atoms with E-state index in [1.165, 1.54) is 19.4 Å². The number of methoxy groups -OCH3 is 1. The van der Waals surface area contributed by atoms with Gasteiger partial charge < -0.3 is 9.84 Å². The Balaban J connectivity index is 2.81. The number of aromatic nitrogens is 1. The number of carbonyl (C=O) groups is 1.